The Morgan fingerprint density at radius 3 is 1.80 bits per heavy atom. The molecule has 4 nitrogen and oxygen atoms in total. The minimum atomic E-state index is -2.87. The molecule has 0 saturated carbocycles. The molecule has 0 atom stereocenters. The summed E-state index contributed by atoms with van der Waals surface area (Å²) < 4.78 is 17.0. The Balaban J connectivity index is 4.22. The average molecular weight is 323 g/mol. The number of hydrogen-bond donors (Lipinski definition) is 0. The highest BCUT2D eigenvalue weighted by Crippen LogP contribution is 2.27. The van der Waals surface area contributed by atoms with Crippen LogP contribution in [0.2, 0.25) is 0 Å². The van der Waals surface area contributed by atoms with Crippen molar-refractivity contribution in [3.63, 3.8) is 0 Å². The molecule has 0 heterocycles. The van der Waals surface area contributed by atoms with Crippen LogP contribution in [0.3, 0.4) is 0 Å². The van der Waals surface area contributed by atoms with Crippen LogP contribution in [0.4, 0.5) is 0 Å². The van der Waals surface area contributed by atoms with Crippen LogP contribution >= 0.6 is 11.2 Å². The van der Waals surface area contributed by atoms with Gasteiger partial charge in [0.1, 0.15) is 0 Å². The summed E-state index contributed by atoms with van der Waals surface area (Å²) in [5.41, 5.74) is 0. The van der Waals surface area contributed by atoms with Crippen molar-refractivity contribution in [2.24, 2.45) is 0 Å². The van der Waals surface area contributed by atoms with Crippen LogP contribution in [-0.4, -0.2) is 32.9 Å². The predicted octanol–water partition coefficient (Wildman–Crippen LogP) is 4.15. The third kappa shape index (κ3) is 9.13. The summed E-state index contributed by atoms with van der Waals surface area (Å²) in [5, 5.41) is 0.128. The van der Waals surface area contributed by atoms with E-state index in [1.165, 1.54) is 19.3 Å². The molecule has 0 saturated heterocycles. The lowest BCUT2D eigenvalue weighted by molar-refractivity contribution is -0.111. The summed E-state index contributed by atoms with van der Waals surface area (Å²) in [6.07, 6.45) is 6.32. The van der Waals surface area contributed by atoms with Gasteiger partial charge >= 0.3 is 7.95 Å². The summed E-state index contributed by atoms with van der Waals surface area (Å²) in [6.45, 7) is 9.39. The smallest absolute Gasteiger partial charge is 0.365 e. The lowest BCUT2D eigenvalue weighted by atomic mass is 10.1. The standard InChI is InChI=1S/C14H30O4SSi/c1-5-9-10-11-12-13-14(15)19-20(16-6-2,17-7-3)18-8-4/h5-13H2,1-4H3. The van der Waals surface area contributed by atoms with E-state index in [1.54, 1.807) is 0 Å². The Morgan fingerprint density at radius 1 is 0.850 bits per heavy atom. The van der Waals surface area contributed by atoms with Crippen molar-refractivity contribution in [2.45, 2.75) is 66.2 Å². The molecular formula is C14H30O4SSi. The minimum Gasteiger partial charge on any atom is -0.365 e. The van der Waals surface area contributed by atoms with E-state index in [4.69, 9.17) is 13.3 Å². The Kier molecular flexibility index (Phi) is 12.9. The van der Waals surface area contributed by atoms with E-state index in [0.717, 1.165) is 24.1 Å². The lowest BCUT2D eigenvalue weighted by Crippen LogP contribution is -2.44. The highest BCUT2D eigenvalue weighted by molar-refractivity contribution is 8.37. The molecule has 0 aliphatic rings. The number of unbranched alkanes of at least 4 members (excludes halogenated alkanes) is 4. The lowest BCUT2D eigenvalue weighted by Gasteiger charge is -2.26. The van der Waals surface area contributed by atoms with Gasteiger partial charge in [-0.2, -0.15) is 0 Å². The third-order valence-electron chi connectivity index (χ3n) is 2.69. The topological polar surface area (TPSA) is 44.8 Å². The van der Waals surface area contributed by atoms with Gasteiger partial charge in [0.05, 0.1) is 0 Å². The van der Waals surface area contributed by atoms with Gasteiger partial charge in [0.2, 0.25) is 0 Å². The summed E-state index contributed by atoms with van der Waals surface area (Å²) in [4.78, 5) is 12.1. The first-order valence-corrected chi connectivity index (χ1v) is 11.0. The average Bonchev–Trinajstić information content (AvgIpc) is 2.39. The molecule has 0 aromatic heterocycles. The van der Waals surface area contributed by atoms with Crippen molar-refractivity contribution in [3.8, 4) is 0 Å². The van der Waals surface area contributed by atoms with Crippen LogP contribution in [0.1, 0.15) is 66.2 Å². The zero-order valence-corrected chi connectivity index (χ0v) is 15.2. The maximum Gasteiger partial charge on any atom is 0.580 e. The molecule has 0 unspecified atom stereocenters. The van der Waals surface area contributed by atoms with Gasteiger partial charge in [-0.15, -0.1) is 0 Å². The van der Waals surface area contributed by atoms with Crippen molar-refractivity contribution in [2.75, 3.05) is 19.8 Å². The molecule has 6 heteroatoms. The molecule has 0 N–H and O–H groups in total. The highest BCUT2D eigenvalue weighted by atomic mass is 32.4. The molecule has 0 aromatic carbocycles. The van der Waals surface area contributed by atoms with Crippen LogP contribution in [0.15, 0.2) is 0 Å². The number of carbonyl (C=O) groups is 1. The number of carbonyl (C=O) groups excluding carboxylic acids is 1. The molecule has 0 amide bonds. The van der Waals surface area contributed by atoms with Gasteiger partial charge in [-0.05, 0) is 38.4 Å². The molecule has 120 valence electrons. The Morgan fingerprint density at radius 2 is 1.35 bits per heavy atom. The van der Waals surface area contributed by atoms with Gasteiger partial charge in [0.15, 0.2) is 5.12 Å². The minimum absolute atomic E-state index is 0.128. The SMILES string of the molecule is CCCCCCCC(=O)S[Si](OCC)(OCC)OCC. The number of hydrogen-bond acceptors (Lipinski definition) is 5. The molecule has 0 aliphatic carbocycles. The molecular weight excluding hydrogens is 292 g/mol. The van der Waals surface area contributed by atoms with Crippen LogP contribution < -0.4 is 0 Å². The van der Waals surface area contributed by atoms with Gasteiger partial charge < -0.3 is 13.3 Å². The van der Waals surface area contributed by atoms with E-state index >= 15 is 0 Å². The normalized spacial score (nSPS) is 11.8. The molecule has 0 fully saturated rings. The maximum atomic E-state index is 12.1. The monoisotopic (exact) mass is 322 g/mol. The van der Waals surface area contributed by atoms with E-state index in [9.17, 15) is 4.79 Å². The zero-order chi connectivity index (χ0) is 15.3. The van der Waals surface area contributed by atoms with Crippen LogP contribution in [-0.2, 0) is 18.1 Å². The van der Waals surface area contributed by atoms with Gasteiger partial charge in [-0.25, -0.2) is 0 Å². The van der Waals surface area contributed by atoms with Gasteiger partial charge in [-0.3, -0.25) is 4.79 Å². The first-order valence-electron chi connectivity index (χ1n) is 7.77. The molecule has 0 aromatic rings. The summed E-state index contributed by atoms with van der Waals surface area (Å²) in [7, 11) is -2.87. The van der Waals surface area contributed by atoms with E-state index in [1.807, 2.05) is 20.8 Å². The summed E-state index contributed by atoms with van der Waals surface area (Å²) in [5.74, 6) is 0. The highest BCUT2D eigenvalue weighted by Gasteiger charge is 2.44. The second-order valence-electron chi connectivity index (χ2n) is 4.44. The third-order valence-corrected chi connectivity index (χ3v) is 7.79. The number of rotatable bonds is 13. The largest absolute Gasteiger partial charge is 0.580 e. The first kappa shape index (κ1) is 20.1. The van der Waals surface area contributed by atoms with Crippen LogP contribution in [0, 0.1) is 0 Å². The van der Waals surface area contributed by atoms with Crippen molar-refractivity contribution in [1.82, 2.24) is 0 Å². The molecule has 0 rings (SSSR count). The fourth-order valence-electron chi connectivity index (χ4n) is 1.81. The van der Waals surface area contributed by atoms with E-state index < -0.39 is 7.95 Å². The second-order valence-corrected chi connectivity index (χ2v) is 9.08. The van der Waals surface area contributed by atoms with Crippen molar-refractivity contribution in [1.29, 1.82) is 0 Å². The van der Waals surface area contributed by atoms with E-state index in [2.05, 4.69) is 6.92 Å². The fourth-order valence-corrected chi connectivity index (χ4v) is 6.55. The Hall–Kier alpha value is 0.117. The van der Waals surface area contributed by atoms with Crippen LogP contribution in [0.25, 0.3) is 0 Å². The second kappa shape index (κ2) is 12.8. The van der Waals surface area contributed by atoms with E-state index in [0.29, 0.717) is 26.2 Å². The fraction of sp³-hybridized carbons (Fsp3) is 0.929. The van der Waals surface area contributed by atoms with Crippen molar-refractivity contribution >= 4 is 24.3 Å². The maximum absolute atomic E-state index is 12.1. The summed E-state index contributed by atoms with van der Waals surface area (Å²) >= 11 is 1.16. The molecule has 0 aliphatic heterocycles. The quantitative estimate of drug-likeness (QED) is 0.376. The predicted molar refractivity (Wildman–Crippen MR) is 86.6 cm³/mol. The van der Waals surface area contributed by atoms with Gasteiger partial charge in [0.25, 0.3) is 0 Å². The van der Waals surface area contributed by atoms with E-state index in [-0.39, 0.29) is 5.12 Å². The molecule has 0 bridgehead atoms. The van der Waals surface area contributed by atoms with Gasteiger partial charge in [-0.1, -0.05) is 32.6 Å². The van der Waals surface area contributed by atoms with Crippen molar-refractivity contribution in [3.05, 3.63) is 0 Å². The molecule has 20 heavy (non-hydrogen) atoms. The first-order chi connectivity index (χ1) is 9.64. The molecule has 0 spiro atoms. The summed E-state index contributed by atoms with van der Waals surface area (Å²) in [6, 6.07) is 0. The Labute approximate surface area is 129 Å². The van der Waals surface area contributed by atoms with Gasteiger partial charge in [0, 0.05) is 26.2 Å². The zero-order valence-electron chi connectivity index (χ0n) is 13.4. The van der Waals surface area contributed by atoms with Crippen molar-refractivity contribution < 1.29 is 18.1 Å². The molecule has 0 radical (unpaired) electrons. The Bertz CT molecular complexity index is 234. The van der Waals surface area contributed by atoms with Crippen LogP contribution in [0.5, 0.6) is 0 Å².